The van der Waals surface area contributed by atoms with Gasteiger partial charge in [-0.2, -0.15) is 15.6 Å². The van der Waals surface area contributed by atoms with Gasteiger partial charge in [0.2, 0.25) is 0 Å². The Morgan fingerprint density at radius 3 is 2.76 bits per heavy atom. The molecule has 21 heavy (non-hydrogen) atoms. The molecule has 0 unspecified atom stereocenters. The van der Waals surface area contributed by atoms with Gasteiger partial charge in [0.1, 0.15) is 23.5 Å². The van der Waals surface area contributed by atoms with E-state index in [4.69, 9.17) is 26.9 Å². The molecule has 0 fully saturated rings. The van der Waals surface area contributed by atoms with Gasteiger partial charge in [-0.05, 0) is 23.8 Å². The van der Waals surface area contributed by atoms with E-state index >= 15 is 0 Å². The van der Waals surface area contributed by atoms with Gasteiger partial charge >= 0.3 is 0 Å². The van der Waals surface area contributed by atoms with E-state index in [9.17, 15) is 0 Å². The summed E-state index contributed by atoms with van der Waals surface area (Å²) < 4.78 is 7.00. The molecular weight excluding hydrogens is 288 g/mol. The summed E-state index contributed by atoms with van der Waals surface area (Å²) >= 11 is 5.84. The van der Waals surface area contributed by atoms with E-state index in [1.54, 1.807) is 36.3 Å². The third-order valence-electron chi connectivity index (χ3n) is 2.79. The Morgan fingerprint density at radius 1 is 1.43 bits per heavy atom. The summed E-state index contributed by atoms with van der Waals surface area (Å²) in [6, 6.07) is 9.10. The van der Waals surface area contributed by atoms with E-state index in [2.05, 4.69) is 5.10 Å². The average molecular weight is 299 g/mol. The summed E-state index contributed by atoms with van der Waals surface area (Å²) in [6.07, 6.45) is 4.79. The summed E-state index contributed by atoms with van der Waals surface area (Å²) in [6.45, 7) is 0.478. The predicted molar refractivity (Wildman–Crippen MR) is 78.5 cm³/mol. The first-order valence-electron chi connectivity index (χ1n) is 6.03. The highest BCUT2D eigenvalue weighted by atomic mass is 35.5. The Balaban J connectivity index is 2.37. The molecule has 0 aliphatic carbocycles. The van der Waals surface area contributed by atoms with Crippen LogP contribution in [0, 0.1) is 22.7 Å². The zero-order valence-electron chi connectivity index (χ0n) is 11.2. The van der Waals surface area contributed by atoms with Crippen LogP contribution in [0.15, 0.2) is 36.2 Å². The lowest BCUT2D eigenvalue weighted by Gasteiger charge is -2.09. The quantitative estimate of drug-likeness (QED) is 0.813. The molecule has 0 spiro atoms. The lowest BCUT2D eigenvalue weighted by molar-refractivity contribution is 0.407. The van der Waals surface area contributed by atoms with Crippen molar-refractivity contribution in [2.24, 2.45) is 0 Å². The number of nitriles is 2. The lowest BCUT2D eigenvalue weighted by Crippen LogP contribution is -2.02. The van der Waals surface area contributed by atoms with Crippen molar-refractivity contribution in [3.05, 3.63) is 52.3 Å². The summed E-state index contributed by atoms with van der Waals surface area (Å²) in [4.78, 5) is 0. The predicted octanol–water partition coefficient (Wildman–Crippen LogP) is 3.02. The molecule has 1 aromatic heterocycles. The van der Waals surface area contributed by atoms with E-state index < -0.39 is 0 Å². The number of hydrogen-bond donors (Lipinski definition) is 0. The van der Waals surface area contributed by atoms with Crippen LogP contribution in [0.5, 0.6) is 5.75 Å². The molecule has 2 aromatic rings. The van der Waals surface area contributed by atoms with Gasteiger partial charge in [-0.3, -0.25) is 4.68 Å². The van der Waals surface area contributed by atoms with Gasteiger partial charge in [0.25, 0.3) is 0 Å². The van der Waals surface area contributed by atoms with E-state index in [0.29, 0.717) is 17.3 Å². The standard InChI is InChI=1S/C15H11ClN4O/c1-21-15-3-2-11(4-12(6-17)7-18)5-13(15)9-20-10-14(16)8-19-20/h2-5,8,10H,9H2,1H3. The fourth-order valence-corrected chi connectivity index (χ4v) is 2.02. The zero-order chi connectivity index (χ0) is 15.2. The summed E-state index contributed by atoms with van der Waals surface area (Å²) in [5.74, 6) is 0.703. The molecule has 0 bridgehead atoms. The Bertz CT molecular complexity index is 749. The summed E-state index contributed by atoms with van der Waals surface area (Å²) in [5.41, 5.74) is 1.68. The highest BCUT2D eigenvalue weighted by molar-refractivity contribution is 6.30. The smallest absolute Gasteiger partial charge is 0.130 e. The van der Waals surface area contributed by atoms with E-state index in [-0.39, 0.29) is 5.57 Å². The van der Waals surface area contributed by atoms with Gasteiger partial charge < -0.3 is 4.74 Å². The fourth-order valence-electron chi connectivity index (χ4n) is 1.87. The number of benzene rings is 1. The minimum absolute atomic E-state index is 0.0493. The fraction of sp³-hybridized carbons (Fsp3) is 0.133. The van der Waals surface area contributed by atoms with Crippen LogP contribution in [-0.4, -0.2) is 16.9 Å². The van der Waals surface area contributed by atoms with Crippen LogP contribution in [0.2, 0.25) is 5.02 Å². The zero-order valence-corrected chi connectivity index (χ0v) is 12.0. The molecule has 0 atom stereocenters. The Kier molecular flexibility index (Phi) is 4.61. The highest BCUT2D eigenvalue weighted by Crippen LogP contribution is 2.22. The van der Waals surface area contributed by atoms with Crippen molar-refractivity contribution in [3.8, 4) is 17.9 Å². The second-order valence-electron chi connectivity index (χ2n) is 4.21. The van der Waals surface area contributed by atoms with Crippen molar-refractivity contribution in [1.29, 1.82) is 10.5 Å². The van der Waals surface area contributed by atoms with Crippen molar-refractivity contribution < 1.29 is 4.74 Å². The number of nitrogens with zero attached hydrogens (tertiary/aromatic N) is 4. The summed E-state index contributed by atoms with van der Waals surface area (Å²) in [7, 11) is 1.58. The van der Waals surface area contributed by atoms with E-state index in [0.717, 1.165) is 11.1 Å². The normalized spacial score (nSPS) is 9.52. The van der Waals surface area contributed by atoms with Crippen LogP contribution >= 0.6 is 11.6 Å². The van der Waals surface area contributed by atoms with Gasteiger partial charge in [0, 0.05) is 11.8 Å². The number of methoxy groups -OCH3 is 1. The average Bonchev–Trinajstić information content (AvgIpc) is 2.90. The Morgan fingerprint density at radius 2 is 2.19 bits per heavy atom. The maximum Gasteiger partial charge on any atom is 0.130 e. The highest BCUT2D eigenvalue weighted by Gasteiger charge is 2.06. The van der Waals surface area contributed by atoms with E-state index in [1.165, 1.54) is 6.08 Å². The van der Waals surface area contributed by atoms with Crippen LogP contribution in [0.1, 0.15) is 11.1 Å². The number of aromatic nitrogens is 2. The molecular formula is C15H11ClN4O. The maximum absolute atomic E-state index is 8.80. The lowest BCUT2D eigenvalue weighted by atomic mass is 10.1. The molecule has 0 saturated heterocycles. The largest absolute Gasteiger partial charge is 0.496 e. The van der Waals surface area contributed by atoms with Crippen molar-refractivity contribution >= 4 is 17.7 Å². The molecule has 0 aliphatic heterocycles. The molecule has 0 saturated carbocycles. The minimum Gasteiger partial charge on any atom is -0.496 e. The first-order valence-corrected chi connectivity index (χ1v) is 6.41. The van der Waals surface area contributed by atoms with Crippen LogP contribution < -0.4 is 4.74 Å². The molecule has 0 radical (unpaired) electrons. The molecule has 1 aromatic carbocycles. The van der Waals surface area contributed by atoms with Gasteiger partial charge in [-0.25, -0.2) is 0 Å². The first-order chi connectivity index (χ1) is 10.2. The molecule has 6 heteroatoms. The Labute approximate surface area is 127 Å². The van der Waals surface area contributed by atoms with Gasteiger partial charge in [0.05, 0.1) is 24.9 Å². The van der Waals surface area contributed by atoms with Crippen molar-refractivity contribution in [1.82, 2.24) is 9.78 Å². The van der Waals surface area contributed by atoms with Gasteiger partial charge in [-0.1, -0.05) is 17.7 Å². The van der Waals surface area contributed by atoms with E-state index in [1.807, 2.05) is 18.2 Å². The number of allylic oxidation sites excluding steroid dienone is 1. The Hall–Kier alpha value is -2.76. The topological polar surface area (TPSA) is 74.6 Å². The first kappa shape index (κ1) is 14.6. The van der Waals surface area contributed by atoms with Gasteiger partial charge in [-0.15, -0.1) is 0 Å². The minimum atomic E-state index is 0.0493. The van der Waals surface area contributed by atoms with Crippen molar-refractivity contribution in [3.63, 3.8) is 0 Å². The van der Waals surface area contributed by atoms with Gasteiger partial charge in [0.15, 0.2) is 0 Å². The number of halogens is 1. The third kappa shape index (κ3) is 3.62. The van der Waals surface area contributed by atoms with Crippen LogP contribution in [-0.2, 0) is 6.54 Å². The SMILES string of the molecule is COc1ccc(C=C(C#N)C#N)cc1Cn1cc(Cl)cn1. The number of hydrogen-bond acceptors (Lipinski definition) is 4. The molecule has 2 rings (SSSR count). The van der Waals surface area contributed by atoms with Crippen LogP contribution in [0.3, 0.4) is 0 Å². The van der Waals surface area contributed by atoms with Crippen LogP contribution in [0.4, 0.5) is 0 Å². The summed E-state index contributed by atoms with van der Waals surface area (Å²) in [5, 5.41) is 22.3. The molecule has 5 nitrogen and oxygen atoms in total. The maximum atomic E-state index is 8.80. The monoisotopic (exact) mass is 298 g/mol. The number of ether oxygens (including phenoxy) is 1. The third-order valence-corrected chi connectivity index (χ3v) is 2.99. The molecule has 104 valence electrons. The molecule has 0 aliphatic rings. The second kappa shape index (κ2) is 6.60. The second-order valence-corrected chi connectivity index (χ2v) is 4.65. The van der Waals surface area contributed by atoms with Crippen molar-refractivity contribution in [2.75, 3.05) is 7.11 Å². The van der Waals surface area contributed by atoms with Crippen LogP contribution in [0.25, 0.3) is 6.08 Å². The molecule has 0 amide bonds. The molecule has 0 N–H and O–H groups in total. The van der Waals surface area contributed by atoms with Crippen molar-refractivity contribution in [2.45, 2.75) is 6.54 Å². The number of rotatable bonds is 4. The molecule has 1 heterocycles.